The molecule has 1 aliphatic rings. The molecule has 0 unspecified atom stereocenters. The molecular weight excluding hydrogens is 212 g/mol. The van der Waals surface area contributed by atoms with Crippen molar-refractivity contribution in [3.05, 3.63) is 0 Å². The molecule has 0 aromatic carbocycles. The van der Waals surface area contributed by atoms with Gasteiger partial charge in [-0.2, -0.15) is 0 Å². The predicted molar refractivity (Wildman–Crippen MR) is 57.2 cm³/mol. The highest BCUT2D eigenvalue weighted by Gasteiger charge is 2.34. The summed E-state index contributed by atoms with van der Waals surface area (Å²) in [5.41, 5.74) is -0.575. The Balaban J connectivity index is 2.47. The molecule has 1 heterocycles. The lowest BCUT2D eigenvalue weighted by Gasteiger charge is -2.22. The normalized spacial score (nSPS) is 25.2. The molecule has 2 atom stereocenters. The smallest absolute Gasteiger partial charge is 0.407 e. The van der Waals surface area contributed by atoms with Crippen molar-refractivity contribution in [1.29, 1.82) is 0 Å². The van der Waals surface area contributed by atoms with E-state index in [0.717, 1.165) is 0 Å². The first-order valence-corrected chi connectivity index (χ1v) is 5.22. The summed E-state index contributed by atoms with van der Waals surface area (Å²) in [4.78, 5) is 22.3. The zero-order chi connectivity index (χ0) is 12.3. The minimum Gasteiger partial charge on any atom is -0.481 e. The predicted octanol–water partition coefficient (Wildman–Crippen LogP) is 0.184. The Morgan fingerprint density at radius 1 is 1.38 bits per heavy atom. The Hall–Kier alpha value is -1.30. The number of nitrogens with one attached hydrogen (secondary N) is 2. The summed E-state index contributed by atoms with van der Waals surface area (Å²) < 4.78 is 5.06. The fraction of sp³-hybridized carbons (Fsp3) is 0.800. The number of hydrogen-bond donors (Lipinski definition) is 3. The maximum atomic E-state index is 11.4. The van der Waals surface area contributed by atoms with E-state index in [2.05, 4.69) is 10.6 Å². The van der Waals surface area contributed by atoms with E-state index in [-0.39, 0.29) is 0 Å². The second-order valence-electron chi connectivity index (χ2n) is 4.86. The Morgan fingerprint density at radius 2 is 2.00 bits per heavy atom. The molecular formula is C10H18N2O4. The number of ether oxygens (including phenoxy) is 1. The lowest BCUT2D eigenvalue weighted by Crippen LogP contribution is -2.45. The number of hydrogen-bond acceptors (Lipinski definition) is 4. The van der Waals surface area contributed by atoms with E-state index in [9.17, 15) is 9.59 Å². The van der Waals surface area contributed by atoms with Gasteiger partial charge in [-0.05, 0) is 20.8 Å². The van der Waals surface area contributed by atoms with E-state index in [1.54, 1.807) is 20.8 Å². The molecule has 3 N–H and O–H groups in total. The molecule has 1 aliphatic heterocycles. The van der Waals surface area contributed by atoms with Crippen molar-refractivity contribution in [1.82, 2.24) is 10.6 Å². The van der Waals surface area contributed by atoms with Crippen LogP contribution in [0.3, 0.4) is 0 Å². The maximum absolute atomic E-state index is 11.4. The summed E-state index contributed by atoms with van der Waals surface area (Å²) in [6, 6.07) is -0.410. The number of carboxylic acids is 1. The molecule has 6 heteroatoms. The molecule has 0 aliphatic carbocycles. The first kappa shape index (κ1) is 12.8. The zero-order valence-electron chi connectivity index (χ0n) is 9.74. The summed E-state index contributed by atoms with van der Waals surface area (Å²) in [6.45, 7) is 6.10. The molecule has 1 amide bonds. The third-order valence-electron chi connectivity index (χ3n) is 2.23. The van der Waals surface area contributed by atoms with Crippen molar-refractivity contribution in [2.24, 2.45) is 5.92 Å². The number of carboxylic acid groups (broad SMARTS) is 1. The molecule has 0 aromatic heterocycles. The van der Waals surface area contributed by atoms with Gasteiger partial charge < -0.3 is 20.5 Å². The van der Waals surface area contributed by atoms with Gasteiger partial charge in [0, 0.05) is 13.1 Å². The van der Waals surface area contributed by atoms with Crippen molar-refractivity contribution in [3.63, 3.8) is 0 Å². The number of aliphatic carboxylic acids is 1. The maximum Gasteiger partial charge on any atom is 0.407 e. The Labute approximate surface area is 94.3 Å². The number of alkyl carbamates (subject to hydrolysis) is 1. The van der Waals surface area contributed by atoms with Crippen molar-refractivity contribution in [2.75, 3.05) is 13.1 Å². The molecule has 0 spiro atoms. The quantitative estimate of drug-likeness (QED) is 0.630. The van der Waals surface area contributed by atoms with Gasteiger partial charge in [0.15, 0.2) is 0 Å². The van der Waals surface area contributed by atoms with Gasteiger partial charge in [-0.25, -0.2) is 4.79 Å². The number of carbonyl (C=O) groups excluding carboxylic acids is 1. The zero-order valence-corrected chi connectivity index (χ0v) is 9.74. The lowest BCUT2D eigenvalue weighted by molar-refractivity contribution is -0.141. The van der Waals surface area contributed by atoms with Crippen LogP contribution in [0, 0.1) is 5.92 Å². The molecule has 0 bridgehead atoms. The van der Waals surface area contributed by atoms with Gasteiger partial charge in [-0.15, -0.1) is 0 Å². The second-order valence-corrected chi connectivity index (χ2v) is 4.86. The third-order valence-corrected chi connectivity index (χ3v) is 2.23. The van der Waals surface area contributed by atoms with Crippen LogP contribution < -0.4 is 10.6 Å². The minimum atomic E-state index is -0.911. The summed E-state index contributed by atoms with van der Waals surface area (Å²) in [5, 5.41) is 14.4. The van der Waals surface area contributed by atoms with Crippen LogP contribution in [-0.4, -0.2) is 41.9 Å². The van der Waals surface area contributed by atoms with Crippen molar-refractivity contribution < 1.29 is 19.4 Å². The van der Waals surface area contributed by atoms with E-state index in [1.165, 1.54) is 0 Å². The minimum absolute atomic E-state index is 0.371. The van der Waals surface area contributed by atoms with Gasteiger partial charge in [0.25, 0.3) is 0 Å². The largest absolute Gasteiger partial charge is 0.481 e. The highest BCUT2D eigenvalue weighted by molar-refractivity contribution is 5.74. The first-order valence-electron chi connectivity index (χ1n) is 5.22. The Morgan fingerprint density at radius 3 is 2.50 bits per heavy atom. The summed E-state index contributed by atoms with van der Waals surface area (Å²) in [7, 11) is 0. The average Bonchev–Trinajstić information content (AvgIpc) is 2.47. The van der Waals surface area contributed by atoms with Crippen molar-refractivity contribution in [3.8, 4) is 0 Å². The first-order chi connectivity index (χ1) is 7.29. The van der Waals surface area contributed by atoms with Crippen LogP contribution in [-0.2, 0) is 9.53 Å². The molecule has 0 aromatic rings. The van der Waals surface area contributed by atoms with Crippen molar-refractivity contribution >= 4 is 12.1 Å². The average molecular weight is 230 g/mol. The molecule has 0 saturated carbocycles. The summed E-state index contributed by atoms with van der Waals surface area (Å²) >= 11 is 0. The Bertz CT molecular complexity index is 285. The molecule has 6 nitrogen and oxygen atoms in total. The Kier molecular flexibility index (Phi) is 3.74. The fourth-order valence-corrected chi connectivity index (χ4v) is 1.55. The number of carbonyl (C=O) groups is 2. The van der Waals surface area contributed by atoms with Crippen LogP contribution >= 0.6 is 0 Å². The van der Waals surface area contributed by atoms with Crippen LogP contribution in [0.25, 0.3) is 0 Å². The molecule has 1 fully saturated rings. The molecule has 0 radical (unpaired) electrons. The van der Waals surface area contributed by atoms with Gasteiger partial charge in [-0.1, -0.05) is 0 Å². The van der Waals surface area contributed by atoms with Crippen molar-refractivity contribution in [2.45, 2.75) is 32.4 Å². The van der Waals surface area contributed by atoms with Crippen LogP contribution in [0.4, 0.5) is 4.79 Å². The fourth-order valence-electron chi connectivity index (χ4n) is 1.55. The van der Waals surface area contributed by atoms with Gasteiger partial charge in [0.1, 0.15) is 5.60 Å². The molecule has 1 saturated heterocycles. The molecule has 1 rings (SSSR count). The van der Waals surface area contributed by atoms with E-state index < -0.39 is 29.6 Å². The molecule has 92 valence electrons. The third kappa shape index (κ3) is 3.69. The van der Waals surface area contributed by atoms with Gasteiger partial charge >= 0.3 is 12.1 Å². The number of rotatable bonds is 2. The van der Waals surface area contributed by atoms with E-state index in [4.69, 9.17) is 9.84 Å². The standard InChI is InChI=1S/C10H18N2O4/c1-10(2,3)16-9(15)12-7-5-11-4-6(7)8(13)14/h6-7,11H,4-5H2,1-3H3,(H,12,15)(H,13,14)/t6-,7-/m0/s1. The number of amides is 1. The van der Waals surface area contributed by atoms with Crippen LogP contribution in [0.15, 0.2) is 0 Å². The van der Waals surface area contributed by atoms with Crippen LogP contribution in [0.1, 0.15) is 20.8 Å². The highest BCUT2D eigenvalue weighted by atomic mass is 16.6. The van der Waals surface area contributed by atoms with E-state index in [1.807, 2.05) is 0 Å². The highest BCUT2D eigenvalue weighted by Crippen LogP contribution is 2.11. The second kappa shape index (κ2) is 4.69. The SMILES string of the molecule is CC(C)(C)OC(=O)N[C@H]1CNC[C@@H]1C(=O)O. The summed E-state index contributed by atoms with van der Waals surface area (Å²) in [5.74, 6) is -1.50. The van der Waals surface area contributed by atoms with Gasteiger partial charge in [0.2, 0.25) is 0 Å². The lowest BCUT2D eigenvalue weighted by atomic mass is 10.0. The van der Waals surface area contributed by atoms with Gasteiger partial charge in [0.05, 0.1) is 12.0 Å². The van der Waals surface area contributed by atoms with Crippen LogP contribution in [0.5, 0.6) is 0 Å². The van der Waals surface area contributed by atoms with Crippen LogP contribution in [0.2, 0.25) is 0 Å². The van der Waals surface area contributed by atoms with E-state index in [0.29, 0.717) is 13.1 Å². The topological polar surface area (TPSA) is 87.7 Å². The monoisotopic (exact) mass is 230 g/mol. The summed E-state index contributed by atoms with van der Waals surface area (Å²) in [6.07, 6.45) is -0.576. The molecule has 16 heavy (non-hydrogen) atoms. The van der Waals surface area contributed by atoms with E-state index >= 15 is 0 Å². The van der Waals surface area contributed by atoms with Gasteiger partial charge in [-0.3, -0.25) is 4.79 Å².